The molecule has 1 aromatic carbocycles. The van der Waals surface area contributed by atoms with Gasteiger partial charge in [-0.15, -0.1) is 0 Å². The molecule has 0 aromatic heterocycles. The van der Waals surface area contributed by atoms with Crippen LogP contribution in [0.2, 0.25) is 0 Å². The van der Waals surface area contributed by atoms with E-state index in [2.05, 4.69) is 0 Å². The summed E-state index contributed by atoms with van der Waals surface area (Å²) in [5.74, 6) is -0.660. The van der Waals surface area contributed by atoms with E-state index in [-0.39, 0.29) is 23.7 Å². The number of likely N-dealkylation sites (tertiary alicyclic amines) is 1. The lowest BCUT2D eigenvalue weighted by Gasteiger charge is -2.37. The van der Waals surface area contributed by atoms with Crippen LogP contribution in [0.15, 0.2) is 11.0 Å². The Labute approximate surface area is 192 Å². The van der Waals surface area contributed by atoms with Crippen LogP contribution in [-0.4, -0.2) is 62.3 Å². The number of sulfonamides is 1. The van der Waals surface area contributed by atoms with Crippen LogP contribution in [0.5, 0.6) is 0 Å². The second-order valence-corrected chi connectivity index (χ2v) is 11.0. The van der Waals surface area contributed by atoms with Gasteiger partial charge in [0.2, 0.25) is 15.9 Å². The van der Waals surface area contributed by atoms with Crippen molar-refractivity contribution in [3.63, 3.8) is 0 Å². The fourth-order valence-electron chi connectivity index (χ4n) is 4.93. The number of piperidine rings is 2. The predicted molar refractivity (Wildman–Crippen MR) is 123 cm³/mol. The molecule has 2 aliphatic rings. The number of esters is 1. The molecule has 0 saturated carbocycles. The van der Waals surface area contributed by atoms with Crippen LogP contribution in [0.3, 0.4) is 0 Å². The summed E-state index contributed by atoms with van der Waals surface area (Å²) in [6.45, 7) is 11.4. The number of aryl methyl sites for hydroxylation is 2. The number of amides is 1. The van der Waals surface area contributed by atoms with Crippen molar-refractivity contribution in [1.82, 2.24) is 9.21 Å². The Morgan fingerprint density at radius 1 is 0.969 bits per heavy atom. The highest BCUT2D eigenvalue weighted by Gasteiger charge is 2.37. The molecule has 0 bridgehead atoms. The monoisotopic (exact) mass is 464 g/mol. The lowest BCUT2D eigenvalue weighted by atomic mass is 9.93. The Morgan fingerprint density at radius 3 is 2.12 bits per heavy atom. The molecule has 3 rings (SSSR count). The fourth-order valence-corrected chi connectivity index (χ4v) is 6.97. The van der Waals surface area contributed by atoms with Crippen LogP contribution in [0.1, 0.15) is 54.9 Å². The quantitative estimate of drug-likeness (QED) is 0.625. The second kappa shape index (κ2) is 9.91. The van der Waals surface area contributed by atoms with Crippen molar-refractivity contribution >= 4 is 21.9 Å². The fraction of sp³-hybridized carbons (Fsp3) is 0.667. The average Bonchev–Trinajstić information content (AvgIpc) is 2.77. The first-order chi connectivity index (χ1) is 15.1. The van der Waals surface area contributed by atoms with Gasteiger partial charge in [-0.1, -0.05) is 6.07 Å². The van der Waals surface area contributed by atoms with Crippen LogP contribution >= 0.6 is 0 Å². The zero-order chi connectivity index (χ0) is 23.6. The molecule has 32 heavy (non-hydrogen) atoms. The Bertz CT molecular complexity index is 954. The molecule has 2 fully saturated rings. The van der Waals surface area contributed by atoms with Crippen LogP contribution < -0.4 is 0 Å². The zero-order valence-corrected chi connectivity index (χ0v) is 20.8. The van der Waals surface area contributed by atoms with Gasteiger partial charge in [-0.3, -0.25) is 9.59 Å². The third-order valence-electron chi connectivity index (χ3n) is 7.05. The molecule has 7 nitrogen and oxygen atoms in total. The van der Waals surface area contributed by atoms with Crippen LogP contribution in [-0.2, 0) is 24.3 Å². The van der Waals surface area contributed by atoms with Gasteiger partial charge in [0.05, 0.1) is 17.4 Å². The minimum atomic E-state index is -3.62. The molecule has 1 atom stereocenters. The number of ether oxygens (including phenoxy) is 1. The van der Waals surface area contributed by atoms with E-state index < -0.39 is 10.0 Å². The Kier molecular flexibility index (Phi) is 7.65. The van der Waals surface area contributed by atoms with Gasteiger partial charge in [-0.2, -0.15) is 4.31 Å². The largest absolute Gasteiger partial charge is 0.466 e. The van der Waals surface area contributed by atoms with E-state index in [1.165, 1.54) is 4.31 Å². The Morgan fingerprint density at radius 2 is 1.56 bits per heavy atom. The first kappa shape index (κ1) is 24.7. The Balaban J connectivity index is 1.67. The van der Waals surface area contributed by atoms with Gasteiger partial charge >= 0.3 is 5.97 Å². The number of hydrogen-bond acceptors (Lipinski definition) is 5. The topological polar surface area (TPSA) is 84.0 Å². The van der Waals surface area contributed by atoms with E-state index in [4.69, 9.17) is 4.74 Å². The maximum atomic E-state index is 13.5. The lowest BCUT2D eigenvalue weighted by molar-refractivity contribution is -0.152. The molecule has 1 amide bonds. The molecule has 8 heteroatoms. The Hall–Kier alpha value is -1.93. The summed E-state index contributed by atoms with van der Waals surface area (Å²) < 4.78 is 33.6. The van der Waals surface area contributed by atoms with Crippen molar-refractivity contribution in [2.75, 3.05) is 32.8 Å². The van der Waals surface area contributed by atoms with E-state index in [0.717, 1.165) is 35.1 Å². The summed E-state index contributed by atoms with van der Waals surface area (Å²) in [6, 6.07) is 2.02. The highest BCUT2D eigenvalue weighted by molar-refractivity contribution is 7.89. The third-order valence-corrected chi connectivity index (χ3v) is 9.22. The number of hydrogen-bond donors (Lipinski definition) is 0. The predicted octanol–water partition coefficient (Wildman–Crippen LogP) is 3.12. The number of carbonyl (C=O) groups excluding carboxylic acids is 2. The van der Waals surface area contributed by atoms with Gasteiger partial charge in [-0.25, -0.2) is 8.42 Å². The minimum Gasteiger partial charge on any atom is -0.466 e. The molecule has 2 saturated heterocycles. The highest BCUT2D eigenvalue weighted by atomic mass is 32.2. The first-order valence-corrected chi connectivity index (χ1v) is 13.0. The summed E-state index contributed by atoms with van der Waals surface area (Å²) in [6.07, 6.45) is 2.53. The number of benzene rings is 1. The van der Waals surface area contributed by atoms with Gasteiger partial charge in [-0.05, 0) is 82.6 Å². The van der Waals surface area contributed by atoms with Crippen molar-refractivity contribution in [1.29, 1.82) is 0 Å². The zero-order valence-electron chi connectivity index (χ0n) is 19.9. The van der Waals surface area contributed by atoms with Gasteiger partial charge < -0.3 is 9.64 Å². The van der Waals surface area contributed by atoms with Gasteiger partial charge in [0, 0.05) is 32.1 Å². The van der Waals surface area contributed by atoms with E-state index in [1.54, 1.807) is 11.8 Å². The standard InChI is InChI=1S/C24H36N2O5S/c1-6-31-24(28)21-8-7-11-25(15-21)23(27)20-9-12-26(13-10-20)32(29,30)22-18(4)16(2)14-17(3)19(22)5/h14,20-21H,6-13,15H2,1-5H3/t21-/m0/s1. The van der Waals surface area contributed by atoms with Crippen LogP contribution in [0, 0.1) is 39.5 Å². The normalized spacial score (nSPS) is 20.9. The molecule has 178 valence electrons. The summed E-state index contributed by atoms with van der Waals surface area (Å²) in [5, 5.41) is 0. The van der Waals surface area contributed by atoms with Crippen molar-refractivity contribution in [3.8, 4) is 0 Å². The number of nitrogens with zero attached hydrogens (tertiary/aromatic N) is 2. The summed E-state index contributed by atoms with van der Waals surface area (Å²) in [5.41, 5.74) is 3.53. The van der Waals surface area contributed by atoms with Gasteiger partial charge in [0.25, 0.3) is 0 Å². The molecular formula is C24H36N2O5S. The van der Waals surface area contributed by atoms with E-state index in [1.807, 2.05) is 33.8 Å². The van der Waals surface area contributed by atoms with Gasteiger partial charge in [0.1, 0.15) is 0 Å². The molecule has 2 aliphatic heterocycles. The van der Waals surface area contributed by atoms with Crippen LogP contribution in [0.4, 0.5) is 0 Å². The van der Waals surface area contributed by atoms with Crippen molar-refractivity contribution in [3.05, 3.63) is 28.3 Å². The van der Waals surface area contributed by atoms with E-state index >= 15 is 0 Å². The minimum absolute atomic E-state index is 0.0369. The molecule has 1 aromatic rings. The molecular weight excluding hydrogens is 428 g/mol. The summed E-state index contributed by atoms with van der Waals surface area (Å²) in [7, 11) is -3.62. The van der Waals surface area contributed by atoms with Crippen molar-refractivity contribution < 1.29 is 22.7 Å². The molecule has 0 radical (unpaired) electrons. The van der Waals surface area contributed by atoms with Crippen molar-refractivity contribution in [2.45, 2.75) is 65.2 Å². The van der Waals surface area contributed by atoms with E-state index in [9.17, 15) is 18.0 Å². The average molecular weight is 465 g/mol. The van der Waals surface area contributed by atoms with E-state index in [0.29, 0.717) is 50.5 Å². The van der Waals surface area contributed by atoms with Crippen LogP contribution in [0.25, 0.3) is 0 Å². The van der Waals surface area contributed by atoms with Crippen molar-refractivity contribution in [2.24, 2.45) is 11.8 Å². The number of rotatable bonds is 5. The third kappa shape index (κ3) is 4.86. The maximum Gasteiger partial charge on any atom is 0.310 e. The maximum absolute atomic E-state index is 13.5. The van der Waals surface area contributed by atoms with Gasteiger partial charge in [0.15, 0.2) is 0 Å². The second-order valence-electron chi connectivity index (χ2n) is 9.14. The molecule has 2 heterocycles. The number of carbonyl (C=O) groups is 2. The summed E-state index contributed by atoms with van der Waals surface area (Å²) in [4.78, 5) is 27.4. The molecule has 0 aliphatic carbocycles. The summed E-state index contributed by atoms with van der Waals surface area (Å²) >= 11 is 0. The first-order valence-electron chi connectivity index (χ1n) is 11.6. The lowest BCUT2D eigenvalue weighted by Crippen LogP contribution is -2.48. The molecule has 0 unspecified atom stereocenters. The smallest absolute Gasteiger partial charge is 0.310 e. The SMILES string of the molecule is CCOC(=O)[C@H]1CCCN(C(=O)C2CCN(S(=O)(=O)c3c(C)c(C)cc(C)c3C)CC2)C1. The molecule has 0 N–H and O–H groups in total. The molecule has 0 spiro atoms. The highest BCUT2D eigenvalue weighted by Crippen LogP contribution is 2.32.